The predicted octanol–water partition coefficient (Wildman–Crippen LogP) is 1.69. The first-order valence-electron chi connectivity index (χ1n) is 9.02. The van der Waals surface area contributed by atoms with Crippen molar-refractivity contribution >= 4 is 5.91 Å². The molecule has 5 nitrogen and oxygen atoms in total. The summed E-state index contributed by atoms with van der Waals surface area (Å²) in [4.78, 5) is 14.5. The van der Waals surface area contributed by atoms with Gasteiger partial charge in [-0.2, -0.15) is 0 Å². The molecule has 1 atom stereocenters. The highest BCUT2D eigenvalue weighted by Crippen LogP contribution is 2.22. The average molecular weight is 312 g/mol. The molecule has 2 N–H and O–H groups in total. The molecule has 5 heteroatoms. The van der Waals surface area contributed by atoms with Gasteiger partial charge in [-0.05, 0) is 45.1 Å². The van der Waals surface area contributed by atoms with Crippen LogP contribution in [0.4, 0.5) is 0 Å². The Labute approximate surface area is 134 Å². The lowest BCUT2D eigenvalue weighted by Crippen LogP contribution is -2.40. The van der Waals surface area contributed by atoms with Crippen molar-refractivity contribution in [3.8, 4) is 0 Å². The number of hydrogen-bond donors (Lipinski definition) is 2. The van der Waals surface area contributed by atoms with Crippen molar-refractivity contribution in [1.29, 1.82) is 0 Å². The van der Waals surface area contributed by atoms with E-state index in [2.05, 4.69) is 10.2 Å². The van der Waals surface area contributed by atoms with Gasteiger partial charge in [-0.3, -0.25) is 4.79 Å². The zero-order chi connectivity index (χ0) is 15.8. The fraction of sp³-hybridized carbons (Fsp3) is 0.941. The first kappa shape index (κ1) is 17.7. The molecule has 1 amide bonds. The largest absolute Gasteiger partial charge is 0.393 e. The molecule has 0 radical (unpaired) electrons. The van der Waals surface area contributed by atoms with Crippen molar-refractivity contribution in [2.75, 3.05) is 26.2 Å². The summed E-state index contributed by atoms with van der Waals surface area (Å²) in [6.45, 7) is 5.66. The highest BCUT2D eigenvalue weighted by molar-refractivity contribution is 5.80. The van der Waals surface area contributed by atoms with E-state index >= 15 is 0 Å². The molecule has 1 aliphatic carbocycles. The summed E-state index contributed by atoms with van der Waals surface area (Å²) in [7, 11) is 0. The molecule has 0 aromatic heterocycles. The Bertz CT molecular complexity index is 324. The summed E-state index contributed by atoms with van der Waals surface area (Å²) >= 11 is 0. The molecule has 1 unspecified atom stereocenters. The van der Waals surface area contributed by atoms with E-state index in [0.29, 0.717) is 6.54 Å². The molecule has 22 heavy (non-hydrogen) atoms. The second-order valence-corrected chi connectivity index (χ2v) is 6.66. The smallest absolute Gasteiger partial charge is 0.249 e. The van der Waals surface area contributed by atoms with E-state index in [1.54, 1.807) is 0 Å². The maximum Gasteiger partial charge on any atom is 0.249 e. The topological polar surface area (TPSA) is 61.8 Å². The Kier molecular flexibility index (Phi) is 7.63. The number of carbonyl (C=O) groups is 1. The van der Waals surface area contributed by atoms with Crippen molar-refractivity contribution < 1.29 is 14.6 Å². The summed E-state index contributed by atoms with van der Waals surface area (Å²) in [5, 5.41) is 12.5. The first-order valence-corrected chi connectivity index (χ1v) is 9.02. The lowest BCUT2D eigenvalue weighted by molar-refractivity contribution is -0.136. The summed E-state index contributed by atoms with van der Waals surface area (Å²) in [6, 6.07) is 0. The zero-order valence-corrected chi connectivity index (χ0v) is 13.9. The van der Waals surface area contributed by atoms with E-state index in [-0.39, 0.29) is 24.2 Å². The third-order valence-corrected chi connectivity index (χ3v) is 4.83. The van der Waals surface area contributed by atoms with Crippen molar-refractivity contribution in [2.45, 2.75) is 76.6 Å². The molecule has 2 rings (SSSR count). The molecule has 0 aromatic rings. The highest BCUT2D eigenvalue weighted by Gasteiger charge is 2.24. The Morgan fingerprint density at radius 1 is 1.27 bits per heavy atom. The third-order valence-electron chi connectivity index (χ3n) is 4.83. The number of likely N-dealkylation sites (tertiary alicyclic amines) is 1. The number of aliphatic hydroxyl groups is 1. The summed E-state index contributed by atoms with van der Waals surface area (Å²) in [5.74, 6) is 0.0449. The number of nitrogens with one attached hydrogen (secondary N) is 1. The lowest BCUT2D eigenvalue weighted by atomic mass is 10.1. The van der Waals surface area contributed by atoms with Crippen LogP contribution >= 0.6 is 0 Å². The van der Waals surface area contributed by atoms with E-state index in [1.807, 2.05) is 6.92 Å². The molecular formula is C17H32N2O3. The zero-order valence-electron chi connectivity index (χ0n) is 13.9. The fourth-order valence-corrected chi connectivity index (χ4v) is 3.37. The van der Waals surface area contributed by atoms with E-state index < -0.39 is 0 Å². The van der Waals surface area contributed by atoms with Gasteiger partial charge < -0.3 is 20.1 Å². The number of ether oxygens (including phenoxy) is 1. The maximum atomic E-state index is 12.2. The number of piperidine rings is 1. The van der Waals surface area contributed by atoms with Gasteiger partial charge in [-0.1, -0.05) is 19.8 Å². The van der Waals surface area contributed by atoms with Gasteiger partial charge in [0.15, 0.2) is 0 Å². The average Bonchev–Trinajstić information content (AvgIpc) is 3.04. The highest BCUT2D eigenvalue weighted by atomic mass is 16.5. The van der Waals surface area contributed by atoms with E-state index in [9.17, 15) is 9.90 Å². The molecule has 0 spiro atoms. The summed E-state index contributed by atoms with van der Waals surface area (Å²) in [5.41, 5.74) is 0. The number of carbonyl (C=O) groups excluding carboxylic acids is 1. The second kappa shape index (κ2) is 9.48. The molecule has 1 saturated heterocycles. The quantitative estimate of drug-likeness (QED) is 0.670. The molecule has 1 saturated carbocycles. The number of hydrogen-bond acceptors (Lipinski definition) is 4. The third kappa shape index (κ3) is 5.86. The van der Waals surface area contributed by atoms with Crippen LogP contribution in [0, 0.1) is 0 Å². The van der Waals surface area contributed by atoms with Crippen molar-refractivity contribution in [1.82, 2.24) is 10.2 Å². The number of nitrogens with zero attached hydrogens (tertiary/aromatic N) is 1. The molecule has 128 valence electrons. The van der Waals surface area contributed by atoms with Gasteiger partial charge in [0.1, 0.15) is 6.10 Å². The minimum atomic E-state index is -0.284. The SMILES string of the molecule is CCC(OC1CCCC1)C(=O)NCCCN1CCC(O)CC1. The van der Waals surface area contributed by atoms with E-state index in [0.717, 1.165) is 58.2 Å². The minimum Gasteiger partial charge on any atom is -0.393 e. The van der Waals surface area contributed by atoms with Crippen molar-refractivity contribution in [3.05, 3.63) is 0 Å². The normalized spacial score (nSPS) is 22.8. The van der Waals surface area contributed by atoms with Crippen LogP contribution in [-0.2, 0) is 9.53 Å². The predicted molar refractivity (Wildman–Crippen MR) is 86.7 cm³/mol. The van der Waals surface area contributed by atoms with Gasteiger partial charge in [0.25, 0.3) is 0 Å². The van der Waals surface area contributed by atoms with Crippen LogP contribution in [0.3, 0.4) is 0 Å². The van der Waals surface area contributed by atoms with Crippen LogP contribution in [0.2, 0.25) is 0 Å². The summed E-state index contributed by atoms with van der Waals surface area (Å²) in [6.07, 6.45) is 8.00. The standard InChI is InChI=1S/C17H32N2O3/c1-2-16(22-15-6-3-4-7-15)17(21)18-10-5-11-19-12-8-14(20)9-13-19/h14-16,20H,2-13H2,1H3,(H,18,21). The summed E-state index contributed by atoms with van der Waals surface area (Å²) < 4.78 is 5.93. The van der Waals surface area contributed by atoms with Crippen LogP contribution < -0.4 is 5.32 Å². The Morgan fingerprint density at radius 3 is 2.59 bits per heavy atom. The maximum absolute atomic E-state index is 12.2. The van der Waals surface area contributed by atoms with Crippen LogP contribution in [0.1, 0.15) is 58.3 Å². The van der Waals surface area contributed by atoms with E-state index in [1.165, 1.54) is 12.8 Å². The lowest BCUT2D eigenvalue weighted by Gasteiger charge is -2.29. The number of amides is 1. The minimum absolute atomic E-state index is 0.0449. The van der Waals surface area contributed by atoms with Gasteiger partial charge in [-0.15, -0.1) is 0 Å². The van der Waals surface area contributed by atoms with Crippen molar-refractivity contribution in [3.63, 3.8) is 0 Å². The Balaban J connectivity index is 1.57. The number of rotatable bonds is 8. The van der Waals surface area contributed by atoms with Gasteiger partial charge in [0.2, 0.25) is 5.91 Å². The second-order valence-electron chi connectivity index (χ2n) is 6.66. The Morgan fingerprint density at radius 2 is 1.95 bits per heavy atom. The van der Waals surface area contributed by atoms with Crippen LogP contribution in [0.25, 0.3) is 0 Å². The monoisotopic (exact) mass is 312 g/mol. The van der Waals surface area contributed by atoms with E-state index in [4.69, 9.17) is 4.74 Å². The molecule has 0 bridgehead atoms. The molecule has 0 aromatic carbocycles. The van der Waals surface area contributed by atoms with Gasteiger partial charge in [0, 0.05) is 19.6 Å². The Hall–Kier alpha value is -0.650. The fourth-order valence-electron chi connectivity index (χ4n) is 3.37. The molecule has 1 aliphatic heterocycles. The molecule has 2 fully saturated rings. The van der Waals surface area contributed by atoms with Gasteiger partial charge in [-0.25, -0.2) is 0 Å². The number of aliphatic hydroxyl groups excluding tert-OH is 1. The van der Waals surface area contributed by atoms with Crippen LogP contribution in [0.15, 0.2) is 0 Å². The van der Waals surface area contributed by atoms with Gasteiger partial charge in [0.05, 0.1) is 12.2 Å². The molecule has 2 aliphatic rings. The van der Waals surface area contributed by atoms with Crippen LogP contribution in [0.5, 0.6) is 0 Å². The van der Waals surface area contributed by atoms with Gasteiger partial charge >= 0.3 is 0 Å². The molecule has 1 heterocycles. The van der Waals surface area contributed by atoms with Crippen LogP contribution in [-0.4, -0.2) is 60.4 Å². The first-order chi connectivity index (χ1) is 10.7. The van der Waals surface area contributed by atoms with Crippen molar-refractivity contribution in [2.24, 2.45) is 0 Å². The molecular weight excluding hydrogens is 280 g/mol.